The van der Waals surface area contributed by atoms with Crippen molar-refractivity contribution in [3.05, 3.63) is 0 Å². The van der Waals surface area contributed by atoms with Gasteiger partial charge in [-0.15, -0.1) is 0 Å². The van der Waals surface area contributed by atoms with Gasteiger partial charge in [0.2, 0.25) is 5.91 Å². The minimum Gasteiger partial charge on any atom is -0.341 e. The number of rotatable bonds is 2. The fraction of sp³-hybridized carbons (Fsp3) is 0.800. The standard InChI is InChI=1S/C10H17N3O/c1-8-3-2-4-10(12,7-8)9(14)13-6-5-11/h8H,2-4,6-7,12H2,1H3,(H,13,14). The lowest BCUT2D eigenvalue weighted by molar-refractivity contribution is -0.127. The highest BCUT2D eigenvalue weighted by molar-refractivity contribution is 5.86. The average molecular weight is 195 g/mol. The quantitative estimate of drug-likeness (QED) is 0.631. The summed E-state index contributed by atoms with van der Waals surface area (Å²) in [6, 6.07) is 1.88. The molecule has 4 heteroatoms. The zero-order valence-electron chi connectivity index (χ0n) is 8.55. The minimum atomic E-state index is -0.742. The highest BCUT2D eigenvalue weighted by Crippen LogP contribution is 2.30. The molecule has 1 rings (SSSR count). The summed E-state index contributed by atoms with van der Waals surface area (Å²) in [5, 5.41) is 10.9. The SMILES string of the molecule is CC1CCCC(N)(C(=O)NCC#N)C1. The third-order valence-electron chi connectivity index (χ3n) is 2.81. The molecule has 1 amide bonds. The molecule has 1 aliphatic rings. The molecule has 3 N–H and O–H groups in total. The van der Waals surface area contributed by atoms with Crippen molar-refractivity contribution in [3.8, 4) is 6.07 Å². The zero-order chi connectivity index (χ0) is 10.6. The second-order valence-corrected chi connectivity index (χ2v) is 4.20. The monoisotopic (exact) mass is 195 g/mol. The van der Waals surface area contributed by atoms with Gasteiger partial charge in [-0.25, -0.2) is 0 Å². The fourth-order valence-corrected chi connectivity index (χ4v) is 2.09. The predicted octanol–water partition coefficient (Wildman–Crippen LogP) is 0.534. The number of nitrogens with zero attached hydrogens (tertiary/aromatic N) is 1. The molecule has 78 valence electrons. The van der Waals surface area contributed by atoms with Crippen molar-refractivity contribution in [1.29, 1.82) is 5.26 Å². The van der Waals surface area contributed by atoms with Gasteiger partial charge in [-0.05, 0) is 18.8 Å². The van der Waals surface area contributed by atoms with Gasteiger partial charge in [0.05, 0.1) is 11.6 Å². The normalized spacial score (nSPS) is 31.9. The lowest BCUT2D eigenvalue weighted by Gasteiger charge is -2.35. The van der Waals surface area contributed by atoms with Crippen LogP contribution in [0.1, 0.15) is 32.6 Å². The summed E-state index contributed by atoms with van der Waals surface area (Å²) in [6.07, 6.45) is 3.60. The van der Waals surface area contributed by atoms with Crippen LogP contribution in [-0.2, 0) is 4.79 Å². The molecule has 0 aromatic carbocycles. The molecule has 0 spiro atoms. The van der Waals surface area contributed by atoms with Gasteiger partial charge in [0, 0.05) is 0 Å². The van der Waals surface area contributed by atoms with Crippen molar-refractivity contribution in [2.75, 3.05) is 6.54 Å². The Kier molecular flexibility index (Phi) is 3.48. The summed E-state index contributed by atoms with van der Waals surface area (Å²) in [6.45, 7) is 2.16. The summed E-state index contributed by atoms with van der Waals surface area (Å²) in [5.74, 6) is 0.326. The molecule has 0 aromatic heterocycles. The average Bonchev–Trinajstić information content (AvgIpc) is 2.13. The number of carbonyl (C=O) groups excluding carboxylic acids is 1. The number of amides is 1. The topological polar surface area (TPSA) is 78.9 Å². The fourth-order valence-electron chi connectivity index (χ4n) is 2.09. The summed E-state index contributed by atoms with van der Waals surface area (Å²) >= 11 is 0. The van der Waals surface area contributed by atoms with Gasteiger partial charge in [0.25, 0.3) is 0 Å². The molecule has 1 saturated carbocycles. The van der Waals surface area contributed by atoms with Crippen molar-refractivity contribution in [1.82, 2.24) is 5.32 Å². The Hall–Kier alpha value is -1.08. The van der Waals surface area contributed by atoms with Crippen molar-refractivity contribution >= 4 is 5.91 Å². The summed E-state index contributed by atoms with van der Waals surface area (Å²) < 4.78 is 0. The van der Waals surface area contributed by atoms with Gasteiger partial charge in [0.1, 0.15) is 6.54 Å². The Morgan fingerprint density at radius 2 is 2.50 bits per heavy atom. The molecule has 0 aromatic rings. The third-order valence-corrected chi connectivity index (χ3v) is 2.81. The van der Waals surface area contributed by atoms with E-state index in [2.05, 4.69) is 12.2 Å². The second kappa shape index (κ2) is 4.43. The first kappa shape index (κ1) is 11.0. The van der Waals surface area contributed by atoms with E-state index >= 15 is 0 Å². The van der Waals surface area contributed by atoms with Gasteiger partial charge < -0.3 is 11.1 Å². The van der Waals surface area contributed by atoms with Crippen molar-refractivity contribution in [2.24, 2.45) is 11.7 Å². The van der Waals surface area contributed by atoms with Crippen molar-refractivity contribution in [2.45, 2.75) is 38.1 Å². The van der Waals surface area contributed by atoms with Crippen LogP contribution in [0.4, 0.5) is 0 Å². The highest BCUT2D eigenvalue weighted by atomic mass is 16.2. The maximum atomic E-state index is 11.6. The Morgan fingerprint density at radius 1 is 1.79 bits per heavy atom. The van der Waals surface area contributed by atoms with Crippen LogP contribution in [0.15, 0.2) is 0 Å². The molecule has 4 nitrogen and oxygen atoms in total. The summed E-state index contributed by atoms with van der Waals surface area (Å²) in [7, 11) is 0. The number of nitriles is 1. The maximum absolute atomic E-state index is 11.6. The Balaban J connectivity index is 2.55. The summed E-state index contributed by atoms with van der Waals surface area (Å²) in [4.78, 5) is 11.6. The maximum Gasteiger partial charge on any atom is 0.240 e. The zero-order valence-corrected chi connectivity index (χ0v) is 8.55. The van der Waals surface area contributed by atoms with E-state index in [1.165, 1.54) is 0 Å². The Labute approximate surface area is 84.5 Å². The molecule has 0 aliphatic heterocycles. The lowest BCUT2D eigenvalue weighted by atomic mass is 9.76. The molecule has 1 aliphatic carbocycles. The van der Waals surface area contributed by atoms with Crippen LogP contribution in [0.5, 0.6) is 0 Å². The smallest absolute Gasteiger partial charge is 0.240 e. The van der Waals surface area contributed by atoms with Crippen LogP contribution in [0.25, 0.3) is 0 Å². The molecule has 0 saturated heterocycles. The number of nitrogens with two attached hydrogens (primary N) is 1. The molecule has 0 bridgehead atoms. The molecule has 1 fully saturated rings. The van der Waals surface area contributed by atoms with Crippen LogP contribution in [0.3, 0.4) is 0 Å². The summed E-state index contributed by atoms with van der Waals surface area (Å²) in [5.41, 5.74) is 5.27. The van der Waals surface area contributed by atoms with Crippen LogP contribution in [0.2, 0.25) is 0 Å². The number of hydrogen-bond acceptors (Lipinski definition) is 3. The Bertz CT molecular complexity index is 259. The molecular weight excluding hydrogens is 178 g/mol. The van der Waals surface area contributed by atoms with E-state index in [0.29, 0.717) is 5.92 Å². The third kappa shape index (κ3) is 2.46. The largest absolute Gasteiger partial charge is 0.341 e. The molecule has 2 unspecified atom stereocenters. The van der Waals surface area contributed by atoms with Gasteiger partial charge in [-0.1, -0.05) is 19.8 Å². The van der Waals surface area contributed by atoms with Crippen LogP contribution in [0, 0.1) is 17.2 Å². The van der Waals surface area contributed by atoms with Gasteiger partial charge >= 0.3 is 0 Å². The van der Waals surface area contributed by atoms with E-state index in [1.807, 2.05) is 6.07 Å². The highest BCUT2D eigenvalue weighted by Gasteiger charge is 2.37. The molecular formula is C10H17N3O. The number of carbonyl (C=O) groups is 1. The molecule has 2 atom stereocenters. The number of hydrogen-bond donors (Lipinski definition) is 2. The van der Waals surface area contributed by atoms with Crippen molar-refractivity contribution in [3.63, 3.8) is 0 Å². The number of nitrogens with one attached hydrogen (secondary N) is 1. The van der Waals surface area contributed by atoms with E-state index in [0.717, 1.165) is 25.7 Å². The predicted molar refractivity (Wildman–Crippen MR) is 53.2 cm³/mol. The second-order valence-electron chi connectivity index (χ2n) is 4.20. The van der Waals surface area contributed by atoms with E-state index in [9.17, 15) is 4.79 Å². The Morgan fingerprint density at radius 3 is 3.07 bits per heavy atom. The molecule has 0 heterocycles. The van der Waals surface area contributed by atoms with E-state index in [-0.39, 0.29) is 12.5 Å². The molecule has 0 radical (unpaired) electrons. The first-order valence-electron chi connectivity index (χ1n) is 5.02. The van der Waals surface area contributed by atoms with Crippen LogP contribution >= 0.6 is 0 Å². The van der Waals surface area contributed by atoms with E-state index < -0.39 is 5.54 Å². The molecule has 14 heavy (non-hydrogen) atoms. The van der Waals surface area contributed by atoms with Crippen molar-refractivity contribution < 1.29 is 4.79 Å². The van der Waals surface area contributed by atoms with Crippen LogP contribution in [-0.4, -0.2) is 18.0 Å². The van der Waals surface area contributed by atoms with E-state index in [1.54, 1.807) is 0 Å². The van der Waals surface area contributed by atoms with Gasteiger partial charge in [-0.3, -0.25) is 4.79 Å². The minimum absolute atomic E-state index is 0.0478. The van der Waals surface area contributed by atoms with Gasteiger partial charge in [-0.2, -0.15) is 5.26 Å². The first-order chi connectivity index (χ1) is 6.58. The van der Waals surface area contributed by atoms with Crippen LogP contribution < -0.4 is 11.1 Å². The van der Waals surface area contributed by atoms with E-state index in [4.69, 9.17) is 11.0 Å². The lowest BCUT2D eigenvalue weighted by Crippen LogP contribution is -2.56. The first-order valence-corrected chi connectivity index (χ1v) is 5.02. The van der Waals surface area contributed by atoms with Gasteiger partial charge in [0.15, 0.2) is 0 Å².